The number of benzene rings is 7. The summed E-state index contributed by atoms with van der Waals surface area (Å²) in [5.74, 6) is 1.03. The lowest BCUT2D eigenvalue weighted by molar-refractivity contribution is -0.997. The average Bonchev–Trinajstić information content (AvgIpc) is 3.84. The van der Waals surface area contributed by atoms with E-state index in [0.29, 0.717) is 11.8 Å². The van der Waals surface area contributed by atoms with Crippen molar-refractivity contribution < 1.29 is 15.2 Å². The minimum Gasteiger partial charge on any atom is -0.392 e. The van der Waals surface area contributed by atoms with Crippen molar-refractivity contribution in [1.29, 1.82) is 0 Å². The maximum Gasteiger partial charge on any atom is 0.499 e. The molecule has 0 saturated carbocycles. The number of ether oxygens (including phenoxy) is 1. The molecule has 3 aliphatic rings. The van der Waals surface area contributed by atoms with E-state index >= 15 is 0 Å². The minimum absolute atomic E-state index is 0.116. The first-order chi connectivity index (χ1) is 33.9. The molecule has 0 fully saturated rings. The molecule has 0 N–H and O–H groups in total. The van der Waals surface area contributed by atoms with Gasteiger partial charge in [0.1, 0.15) is 16.8 Å². The molecule has 348 valence electrons. The van der Waals surface area contributed by atoms with Crippen LogP contribution in [0.5, 0.6) is 5.75 Å². The quantitative estimate of drug-likeness (QED) is 0.139. The molecule has 0 bridgehead atoms. The zero-order valence-corrected chi connectivity index (χ0v) is 42.9. The van der Waals surface area contributed by atoms with E-state index in [-0.39, 0.29) is 11.3 Å². The zero-order chi connectivity index (χ0) is 49.6. The summed E-state index contributed by atoms with van der Waals surface area (Å²) in [6, 6.07) is 54.5. The molecule has 0 saturated heterocycles. The van der Waals surface area contributed by atoms with Gasteiger partial charge < -0.3 is 4.74 Å². The lowest BCUT2D eigenvalue weighted by Crippen LogP contribution is -2.78. The van der Waals surface area contributed by atoms with Crippen LogP contribution in [-0.4, -0.2) is 4.57 Å². The first kappa shape index (κ1) is 43.0. The molecule has 1 unspecified atom stereocenters. The van der Waals surface area contributed by atoms with Crippen LogP contribution < -0.4 is 13.9 Å². The first-order valence-electron chi connectivity index (χ1n) is 26.0. The summed E-state index contributed by atoms with van der Waals surface area (Å²) in [6.45, 7) is 27.0. The van der Waals surface area contributed by atoms with Gasteiger partial charge in [-0.05, 0) is 145 Å². The number of imidazole rings is 1. The molecule has 70 heavy (non-hydrogen) atoms. The third-order valence-corrected chi connectivity index (χ3v) is 15.6. The number of hydrogen-bond donors (Lipinski definition) is 0. The lowest BCUT2D eigenvalue weighted by atomic mass is 9.80. The normalized spacial score (nSPS) is 15.6. The van der Waals surface area contributed by atoms with Crippen molar-refractivity contribution in [1.82, 2.24) is 4.57 Å². The molecule has 3 aliphatic heterocycles. The Bertz CT molecular complexity index is 3670. The van der Waals surface area contributed by atoms with Gasteiger partial charge in [0.25, 0.3) is 0 Å². The van der Waals surface area contributed by atoms with Gasteiger partial charge in [-0.15, -0.1) is 9.13 Å². The molecule has 0 aliphatic carbocycles. The zero-order valence-electron chi connectivity index (χ0n) is 43.9. The summed E-state index contributed by atoms with van der Waals surface area (Å²) in [4.78, 5) is 0. The number of nitrogens with zero attached hydrogens (tertiary/aromatic N) is 3. The molecule has 1 spiro atoms. The molecular weight excluding hydrogens is 851 g/mol. The van der Waals surface area contributed by atoms with E-state index in [2.05, 4.69) is 235 Å². The second-order valence-corrected chi connectivity index (χ2v) is 22.4. The second-order valence-electron chi connectivity index (χ2n) is 22.4. The van der Waals surface area contributed by atoms with Gasteiger partial charge in [-0.1, -0.05) is 167 Å². The highest BCUT2D eigenvalue weighted by molar-refractivity contribution is 5.98. The first-order valence-corrected chi connectivity index (χ1v) is 25.5. The van der Waals surface area contributed by atoms with Gasteiger partial charge in [0.15, 0.2) is 23.0 Å². The van der Waals surface area contributed by atoms with Crippen molar-refractivity contribution in [2.24, 2.45) is 0 Å². The Balaban J connectivity index is 1.18. The monoisotopic (exact) mass is 917 g/mol. The van der Waals surface area contributed by atoms with Crippen molar-refractivity contribution >= 4 is 11.0 Å². The SMILES string of the molecule is [2H]C(C)(C)c1cccc(C(C)C)c1-c1ccc(-n2c3[n+]4c5c(cccc52)-c2cc(C(C)(C)C)cc5c2C4(Oc2c-3cc(C(C)C)cc2C(C)C)[n+]2ccc(-c3ccc(-c4ccccc4)cc3)cc2-5)c(C)c1. The van der Waals surface area contributed by atoms with E-state index in [9.17, 15) is 1.37 Å². The fourth-order valence-corrected chi connectivity index (χ4v) is 11.9. The summed E-state index contributed by atoms with van der Waals surface area (Å²) in [6.07, 6.45) is 2.30. The lowest BCUT2D eigenvalue weighted by Gasteiger charge is -2.34. The number of para-hydroxylation sites is 1. The number of pyridine rings is 1. The number of hydrogen-bond acceptors (Lipinski definition) is 1. The Kier molecular flexibility index (Phi) is 9.67. The van der Waals surface area contributed by atoms with Crippen molar-refractivity contribution in [2.45, 2.75) is 118 Å². The van der Waals surface area contributed by atoms with Crippen molar-refractivity contribution in [2.75, 3.05) is 0 Å². The molecule has 4 heteroatoms. The van der Waals surface area contributed by atoms with Crippen LogP contribution in [0.15, 0.2) is 152 Å². The van der Waals surface area contributed by atoms with Gasteiger partial charge in [-0.25, -0.2) is 0 Å². The highest BCUT2D eigenvalue weighted by Gasteiger charge is 2.69. The molecule has 2 aromatic heterocycles. The van der Waals surface area contributed by atoms with Gasteiger partial charge in [-0.3, -0.25) is 0 Å². The van der Waals surface area contributed by atoms with E-state index < -0.39 is 11.7 Å². The Morgan fingerprint density at radius 3 is 1.90 bits per heavy atom. The topological polar surface area (TPSA) is 21.9 Å². The van der Waals surface area contributed by atoms with E-state index in [1.807, 2.05) is 13.8 Å². The predicted octanol–water partition coefficient (Wildman–Crippen LogP) is 16.5. The molecule has 5 heterocycles. The van der Waals surface area contributed by atoms with Gasteiger partial charge in [0.05, 0.1) is 5.56 Å². The maximum atomic E-state index is 9.28. The number of aryl methyl sites for hydroxylation is 1. The predicted molar refractivity (Wildman–Crippen MR) is 289 cm³/mol. The fraction of sp³-hybridized carbons (Fsp3) is 0.273. The van der Waals surface area contributed by atoms with Gasteiger partial charge >= 0.3 is 11.7 Å². The van der Waals surface area contributed by atoms with Crippen LogP contribution in [0, 0.1) is 6.92 Å². The molecule has 12 rings (SSSR count). The van der Waals surface area contributed by atoms with E-state index in [0.717, 1.165) is 50.7 Å². The van der Waals surface area contributed by atoms with Crippen molar-refractivity contribution in [3.63, 3.8) is 0 Å². The number of fused-ring (bicyclic) bond motifs is 5. The number of aromatic nitrogens is 3. The maximum absolute atomic E-state index is 9.28. The summed E-state index contributed by atoms with van der Waals surface area (Å²) in [7, 11) is 0. The molecule has 7 aromatic carbocycles. The van der Waals surface area contributed by atoms with Gasteiger partial charge in [-0.2, -0.15) is 4.57 Å². The van der Waals surface area contributed by atoms with Crippen LogP contribution in [-0.2, 0) is 11.3 Å². The van der Waals surface area contributed by atoms with E-state index in [1.54, 1.807) is 0 Å². The van der Waals surface area contributed by atoms with Gasteiger partial charge in [0.2, 0.25) is 5.69 Å². The fourth-order valence-electron chi connectivity index (χ4n) is 11.9. The Labute approximate surface area is 416 Å². The van der Waals surface area contributed by atoms with Crippen LogP contribution in [0.25, 0.3) is 83.9 Å². The largest absolute Gasteiger partial charge is 0.499 e. The van der Waals surface area contributed by atoms with E-state index in [4.69, 9.17) is 4.74 Å². The second kappa shape index (κ2) is 15.7. The average molecular weight is 917 g/mol. The Morgan fingerprint density at radius 2 is 1.23 bits per heavy atom. The van der Waals surface area contributed by atoms with E-state index in [1.165, 1.54) is 77.9 Å². The van der Waals surface area contributed by atoms with Crippen LogP contribution in [0.3, 0.4) is 0 Å². The molecular formula is C66H65N3O+2. The third-order valence-electron chi connectivity index (χ3n) is 15.6. The van der Waals surface area contributed by atoms with Crippen LogP contribution in [0.1, 0.15) is 140 Å². The van der Waals surface area contributed by atoms with Crippen molar-refractivity contribution in [3.05, 3.63) is 191 Å². The smallest absolute Gasteiger partial charge is 0.392 e. The Morgan fingerprint density at radius 1 is 0.571 bits per heavy atom. The Hall–Kier alpha value is -7.04. The highest BCUT2D eigenvalue weighted by atomic mass is 16.5. The van der Waals surface area contributed by atoms with Crippen LogP contribution in [0.2, 0.25) is 0 Å². The molecule has 9 aromatic rings. The molecule has 0 amide bonds. The van der Waals surface area contributed by atoms with Crippen molar-refractivity contribution in [3.8, 4) is 78.6 Å². The molecule has 1 atom stereocenters. The highest BCUT2D eigenvalue weighted by Crippen LogP contribution is 2.56. The summed E-state index contributed by atoms with van der Waals surface area (Å²) in [5.41, 5.74) is 24.8. The standard InChI is InChI=1S/C66H65N3O/c1-38(2)48-33-53(41(7)8)63-56(34-48)64-68(57-29-28-47(32-42(57)9)60-50(39(3)4)20-16-21-51(60)40(5)6)58-23-17-22-52-54-36-49(65(10,11)12)37-55-59-35-46(45-26-24-44(25-27-45)43-18-14-13-15-19-43)30-31-67(59)66(70-63,61(54)55)69(64)62(52)58/h13-41H,1-12H3/q+2/i39D. The minimum atomic E-state index is -1.08. The summed E-state index contributed by atoms with van der Waals surface area (Å²) in [5, 5.41) is 0. The number of rotatable bonds is 8. The molecule has 0 radical (unpaired) electrons. The van der Waals surface area contributed by atoms with Gasteiger partial charge in [0, 0.05) is 24.6 Å². The van der Waals surface area contributed by atoms with Crippen LogP contribution in [0.4, 0.5) is 0 Å². The van der Waals surface area contributed by atoms with Crippen LogP contribution >= 0.6 is 0 Å². The molecule has 4 nitrogen and oxygen atoms in total. The summed E-state index contributed by atoms with van der Waals surface area (Å²) < 4.78 is 25.0. The third kappa shape index (κ3) is 6.34. The summed E-state index contributed by atoms with van der Waals surface area (Å²) >= 11 is 0.